The molecule has 0 saturated carbocycles. The number of hydrogen-bond acceptors (Lipinski definition) is 8. The Hall–Kier alpha value is -3.86. The normalized spacial score (nSPS) is 11.5. The lowest BCUT2D eigenvalue weighted by atomic mass is 10.2. The van der Waals surface area contributed by atoms with E-state index >= 15 is 0 Å². The van der Waals surface area contributed by atoms with E-state index in [-0.39, 0.29) is 28.2 Å². The average Bonchev–Trinajstić information content (AvgIpc) is 3.21. The van der Waals surface area contributed by atoms with Crippen LogP contribution < -0.4 is 5.32 Å². The Labute approximate surface area is 171 Å². The van der Waals surface area contributed by atoms with Crippen molar-refractivity contribution >= 4 is 33.5 Å². The van der Waals surface area contributed by atoms with Crippen molar-refractivity contribution in [1.29, 1.82) is 0 Å². The number of rotatable bonds is 7. The molecule has 0 aliphatic carbocycles. The lowest BCUT2D eigenvalue weighted by molar-refractivity contribution is -0.384. The highest BCUT2D eigenvalue weighted by atomic mass is 32.2. The summed E-state index contributed by atoms with van der Waals surface area (Å²) in [6, 6.07) is 11.6. The Kier molecular flexibility index (Phi) is 6.02. The fourth-order valence-electron chi connectivity index (χ4n) is 2.42. The van der Waals surface area contributed by atoms with Gasteiger partial charge in [-0.15, -0.1) is 5.10 Å². The van der Waals surface area contributed by atoms with Crippen molar-refractivity contribution in [3.05, 3.63) is 70.3 Å². The minimum absolute atomic E-state index is 0.00701. The second-order valence-corrected chi connectivity index (χ2v) is 8.29. The molecule has 3 rings (SSSR count). The lowest BCUT2D eigenvalue weighted by Crippen LogP contribution is -2.07. The van der Waals surface area contributed by atoms with E-state index in [1.807, 2.05) is 0 Å². The molecular weight excluding hydrogens is 412 g/mol. The third kappa shape index (κ3) is 4.94. The Morgan fingerprint density at radius 3 is 2.60 bits per heavy atom. The molecule has 0 aliphatic rings. The van der Waals surface area contributed by atoms with Crippen LogP contribution in [0.25, 0.3) is 17.5 Å². The van der Waals surface area contributed by atoms with Gasteiger partial charge >= 0.3 is 6.01 Å². The molecule has 0 atom stereocenters. The van der Waals surface area contributed by atoms with E-state index in [1.165, 1.54) is 54.6 Å². The number of anilines is 1. The van der Waals surface area contributed by atoms with Crippen LogP contribution in [0.15, 0.2) is 63.9 Å². The number of carbonyl (C=O) groups is 1. The predicted octanol–water partition coefficient (Wildman–Crippen LogP) is 3.09. The zero-order chi connectivity index (χ0) is 21.7. The molecule has 1 aromatic heterocycles. The number of sulfone groups is 1. The molecule has 0 bridgehead atoms. The maximum atomic E-state index is 12.0. The largest absolute Gasteiger partial charge is 0.403 e. The quantitative estimate of drug-likeness (QED) is 0.343. The van der Waals surface area contributed by atoms with Gasteiger partial charge in [0, 0.05) is 23.8 Å². The number of aromatic nitrogens is 2. The molecule has 0 radical (unpaired) electrons. The highest BCUT2D eigenvalue weighted by molar-refractivity contribution is 7.91. The number of nitrogens with one attached hydrogen (secondary N) is 1. The van der Waals surface area contributed by atoms with Gasteiger partial charge in [0.2, 0.25) is 5.89 Å². The Morgan fingerprint density at radius 2 is 1.93 bits per heavy atom. The topological polar surface area (TPSA) is 145 Å². The molecule has 1 amide bonds. The molecule has 0 spiro atoms. The summed E-state index contributed by atoms with van der Waals surface area (Å²) in [4.78, 5) is 22.5. The molecule has 0 saturated heterocycles. The zero-order valence-corrected chi connectivity index (χ0v) is 16.5. The van der Waals surface area contributed by atoms with E-state index in [1.54, 1.807) is 13.0 Å². The molecule has 1 N–H and O–H groups in total. The number of amides is 1. The fourth-order valence-corrected chi connectivity index (χ4v) is 3.31. The highest BCUT2D eigenvalue weighted by Gasteiger charge is 2.14. The van der Waals surface area contributed by atoms with Crippen molar-refractivity contribution < 1.29 is 22.6 Å². The van der Waals surface area contributed by atoms with Crippen LogP contribution in [0.4, 0.5) is 11.7 Å². The number of nitro groups is 1. The number of benzene rings is 2. The van der Waals surface area contributed by atoms with Gasteiger partial charge in [0.25, 0.3) is 11.6 Å². The van der Waals surface area contributed by atoms with Gasteiger partial charge in [-0.1, -0.05) is 24.2 Å². The first-order chi connectivity index (χ1) is 14.3. The Balaban J connectivity index is 1.67. The summed E-state index contributed by atoms with van der Waals surface area (Å²) in [7, 11) is -3.31. The van der Waals surface area contributed by atoms with Crippen LogP contribution in [0.2, 0.25) is 0 Å². The summed E-state index contributed by atoms with van der Waals surface area (Å²) < 4.78 is 29.1. The monoisotopic (exact) mass is 428 g/mol. The van der Waals surface area contributed by atoms with E-state index in [0.717, 1.165) is 0 Å². The van der Waals surface area contributed by atoms with Crippen molar-refractivity contribution in [1.82, 2.24) is 10.2 Å². The summed E-state index contributed by atoms with van der Waals surface area (Å²) in [5, 5.41) is 20.7. The van der Waals surface area contributed by atoms with Crippen LogP contribution in [0, 0.1) is 10.1 Å². The summed E-state index contributed by atoms with van der Waals surface area (Å²) in [6.07, 6.45) is 2.58. The van der Waals surface area contributed by atoms with Gasteiger partial charge in [-0.3, -0.25) is 20.2 Å². The van der Waals surface area contributed by atoms with Crippen LogP contribution in [0.1, 0.15) is 12.5 Å². The smallest absolute Gasteiger partial charge is 0.322 e. The molecule has 30 heavy (non-hydrogen) atoms. The average molecular weight is 428 g/mol. The Morgan fingerprint density at radius 1 is 1.20 bits per heavy atom. The van der Waals surface area contributed by atoms with Gasteiger partial charge in [0.05, 0.1) is 15.6 Å². The van der Waals surface area contributed by atoms with E-state index in [0.29, 0.717) is 11.1 Å². The van der Waals surface area contributed by atoms with Crippen LogP contribution in [-0.2, 0) is 14.6 Å². The third-order valence-electron chi connectivity index (χ3n) is 4.00. The van der Waals surface area contributed by atoms with Crippen LogP contribution in [0.5, 0.6) is 0 Å². The SMILES string of the molecule is CCS(=O)(=O)c1ccc(-c2nnc(NC(=O)/C=C/c3cccc([N+](=O)[O-])c3)o2)cc1. The number of nitro benzene ring substituents is 1. The van der Waals surface area contributed by atoms with Crippen LogP contribution >= 0.6 is 0 Å². The zero-order valence-electron chi connectivity index (χ0n) is 15.7. The number of carbonyl (C=O) groups excluding carboxylic acids is 1. The van der Waals surface area contributed by atoms with Gasteiger partial charge in [0.15, 0.2) is 9.84 Å². The molecule has 0 aliphatic heterocycles. The van der Waals surface area contributed by atoms with Gasteiger partial charge in [-0.05, 0) is 35.9 Å². The third-order valence-corrected chi connectivity index (χ3v) is 5.75. The minimum atomic E-state index is -3.31. The first-order valence-electron chi connectivity index (χ1n) is 8.68. The second-order valence-electron chi connectivity index (χ2n) is 6.01. The van der Waals surface area contributed by atoms with E-state index < -0.39 is 20.7 Å². The first kappa shape index (κ1) is 20.9. The number of hydrogen-bond donors (Lipinski definition) is 1. The molecule has 1 heterocycles. The predicted molar refractivity (Wildman–Crippen MR) is 108 cm³/mol. The van der Waals surface area contributed by atoms with Crippen molar-refractivity contribution in [3.8, 4) is 11.5 Å². The minimum Gasteiger partial charge on any atom is -0.403 e. The summed E-state index contributed by atoms with van der Waals surface area (Å²) in [5.74, 6) is -0.470. The number of nitrogens with zero attached hydrogens (tertiary/aromatic N) is 3. The van der Waals surface area contributed by atoms with Gasteiger partial charge in [0.1, 0.15) is 0 Å². The van der Waals surface area contributed by atoms with Crippen molar-refractivity contribution in [2.75, 3.05) is 11.1 Å². The van der Waals surface area contributed by atoms with Crippen molar-refractivity contribution in [3.63, 3.8) is 0 Å². The molecule has 11 heteroatoms. The van der Waals surface area contributed by atoms with Crippen molar-refractivity contribution in [2.24, 2.45) is 0 Å². The first-order valence-corrected chi connectivity index (χ1v) is 10.3. The molecule has 2 aromatic carbocycles. The molecule has 10 nitrogen and oxygen atoms in total. The second kappa shape index (κ2) is 8.66. The van der Waals surface area contributed by atoms with Crippen LogP contribution in [0.3, 0.4) is 0 Å². The molecular formula is C19H16N4O6S. The highest BCUT2D eigenvalue weighted by Crippen LogP contribution is 2.22. The van der Waals surface area contributed by atoms with E-state index in [2.05, 4.69) is 15.5 Å². The summed E-state index contributed by atoms with van der Waals surface area (Å²) >= 11 is 0. The number of non-ortho nitro benzene ring substituents is 1. The molecule has 3 aromatic rings. The van der Waals surface area contributed by atoms with Gasteiger partial charge in [-0.25, -0.2) is 8.42 Å². The Bertz CT molecular complexity index is 1220. The standard InChI is InChI=1S/C19H16N4O6S/c1-2-30(27,28)16-9-7-14(8-10-16)18-21-22-19(29-18)20-17(24)11-6-13-4-3-5-15(12-13)23(25)26/h3-12H,2H2,1H3,(H,20,22,24)/b11-6+. The molecule has 0 fully saturated rings. The maximum Gasteiger partial charge on any atom is 0.322 e. The molecule has 154 valence electrons. The lowest BCUT2D eigenvalue weighted by Gasteiger charge is -2.01. The van der Waals surface area contributed by atoms with Gasteiger partial charge < -0.3 is 4.42 Å². The fraction of sp³-hybridized carbons (Fsp3) is 0.105. The van der Waals surface area contributed by atoms with Gasteiger partial charge in [-0.2, -0.15) is 0 Å². The van der Waals surface area contributed by atoms with Crippen molar-refractivity contribution in [2.45, 2.75) is 11.8 Å². The maximum absolute atomic E-state index is 12.0. The summed E-state index contributed by atoms with van der Waals surface area (Å²) in [6.45, 7) is 1.56. The molecule has 0 unspecified atom stereocenters. The summed E-state index contributed by atoms with van der Waals surface area (Å²) in [5.41, 5.74) is 0.884. The van der Waals surface area contributed by atoms with Crippen LogP contribution in [-0.4, -0.2) is 35.2 Å². The van der Waals surface area contributed by atoms with E-state index in [9.17, 15) is 23.3 Å². The van der Waals surface area contributed by atoms with E-state index in [4.69, 9.17) is 4.42 Å².